The summed E-state index contributed by atoms with van der Waals surface area (Å²) in [4.78, 5) is 2.01. The zero-order valence-corrected chi connectivity index (χ0v) is 11.1. The van der Waals surface area contributed by atoms with E-state index in [-0.39, 0.29) is 5.92 Å². The lowest BCUT2D eigenvalue weighted by Crippen LogP contribution is -2.38. The minimum Gasteiger partial charge on any atom is -0.377 e. The van der Waals surface area contributed by atoms with Gasteiger partial charge in [0.2, 0.25) is 0 Å². The molecule has 92 valence electrons. The maximum absolute atomic E-state index is 11.5. The van der Waals surface area contributed by atoms with Gasteiger partial charge >= 0.3 is 0 Å². The number of fused-ring (bicyclic) bond motifs is 1. The van der Waals surface area contributed by atoms with Crippen molar-refractivity contribution in [2.45, 2.75) is 11.7 Å². The predicted molar refractivity (Wildman–Crippen MR) is 70.3 cm³/mol. The van der Waals surface area contributed by atoms with E-state index >= 15 is 0 Å². The summed E-state index contributed by atoms with van der Waals surface area (Å²) in [5.74, 6) is -0.0870. The zero-order valence-electron chi connectivity index (χ0n) is 10.3. The molecule has 0 aromatic heterocycles. The maximum atomic E-state index is 11.5. The second kappa shape index (κ2) is 4.18. The van der Waals surface area contributed by atoms with E-state index in [1.807, 2.05) is 49.4 Å². The van der Waals surface area contributed by atoms with E-state index in [2.05, 4.69) is 0 Å². The van der Waals surface area contributed by atoms with Crippen LogP contribution >= 0.6 is 0 Å². The summed E-state index contributed by atoms with van der Waals surface area (Å²) in [6.07, 6.45) is 11.5. The van der Waals surface area contributed by atoms with Gasteiger partial charge in [0.25, 0.3) is 0 Å². The number of allylic oxidation sites excluding steroid dienone is 6. The highest BCUT2D eigenvalue weighted by molar-refractivity contribution is 7.74. The fraction of sp³-hybridized carbons (Fsp3) is 0.385. The Labute approximate surface area is 104 Å². The van der Waals surface area contributed by atoms with E-state index in [0.717, 1.165) is 11.3 Å². The van der Waals surface area contributed by atoms with E-state index in [0.29, 0.717) is 0 Å². The molecule has 3 nitrogen and oxygen atoms in total. The Bertz CT molecular complexity index is 516. The van der Waals surface area contributed by atoms with Crippen LogP contribution in [0.2, 0.25) is 0 Å². The zero-order chi connectivity index (χ0) is 12.6. The third kappa shape index (κ3) is 1.86. The number of likely N-dealkylation sites (N-methyl/N-ethyl adjacent to an activating group) is 1. The number of rotatable bonds is 2. The molecular weight excluding hydrogens is 234 g/mol. The van der Waals surface area contributed by atoms with Crippen LogP contribution in [0.25, 0.3) is 0 Å². The third-order valence-corrected chi connectivity index (χ3v) is 4.62. The van der Waals surface area contributed by atoms with E-state index < -0.39 is 15.5 Å². The number of nitrogens with zero attached hydrogens (tertiary/aromatic N) is 1. The Hall–Kier alpha value is -1.29. The summed E-state index contributed by atoms with van der Waals surface area (Å²) in [6, 6.07) is 0. The van der Waals surface area contributed by atoms with Crippen LogP contribution in [0.15, 0.2) is 47.7 Å². The molecule has 0 amide bonds. The lowest BCUT2D eigenvalue weighted by Gasteiger charge is -2.36. The highest BCUT2D eigenvalue weighted by Gasteiger charge is 2.39. The van der Waals surface area contributed by atoms with Crippen LogP contribution in [0, 0.1) is 5.92 Å². The molecule has 2 rings (SSSR count). The molecule has 2 aliphatic carbocycles. The molecule has 0 aromatic carbocycles. The van der Waals surface area contributed by atoms with Crippen molar-refractivity contribution in [2.75, 3.05) is 14.1 Å². The van der Waals surface area contributed by atoms with Crippen LogP contribution in [0.3, 0.4) is 0 Å². The highest BCUT2D eigenvalue weighted by Crippen LogP contribution is 2.39. The van der Waals surface area contributed by atoms with Gasteiger partial charge in [-0.15, -0.1) is 0 Å². The second-order valence-electron chi connectivity index (χ2n) is 4.77. The van der Waals surface area contributed by atoms with Gasteiger partial charge in [0.1, 0.15) is 10.7 Å². The SMILES string of the molecule is CN(C)C1=CC=CC2C1=CC=CC2(C)[SH](=O)=O. The van der Waals surface area contributed by atoms with Gasteiger partial charge in [-0.25, -0.2) is 8.42 Å². The standard InChI is InChI=1S/C13H17NO2S/c1-13(17(15)16)9-5-6-10-11(13)7-4-8-12(10)14(2)3/h4-9,11,17H,1-3H3. The van der Waals surface area contributed by atoms with Gasteiger partial charge in [-0.3, -0.25) is 0 Å². The van der Waals surface area contributed by atoms with Crippen molar-refractivity contribution in [1.82, 2.24) is 4.90 Å². The summed E-state index contributed by atoms with van der Waals surface area (Å²) < 4.78 is 22.2. The average Bonchev–Trinajstić information content (AvgIpc) is 2.28. The maximum Gasteiger partial charge on any atom is 0.150 e. The molecule has 2 unspecified atom stereocenters. The molecule has 0 N–H and O–H groups in total. The summed E-state index contributed by atoms with van der Waals surface area (Å²) in [5.41, 5.74) is 2.15. The molecule has 0 heterocycles. The van der Waals surface area contributed by atoms with Crippen LogP contribution in [0.5, 0.6) is 0 Å². The molecule has 0 aromatic rings. The van der Waals surface area contributed by atoms with Crippen molar-refractivity contribution in [3.63, 3.8) is 0 Å². The molecule has 0 spiro atoms. The van der Waals surface area contributed by atoms with Crippen molar-refractivity contribution in [2.24, 2.45) is 5.92 Å². The van der Waals surface area contributed by atoms with Crippen LogP contribution in [-0.4, -0.2) is 32.2 Å². The summed E-state index contributed by atoms with van der Waals surface area (Å²) in [6.45, 7) is 1.77. The molecule has 0 saturated carbocycles. The summed E-state index contributed by atoms with van der Waals surface area (Å²) in [7, 11) is 1.43. The van der Waals surface area contributed by atoms with Gasteiger partial charge in [-0.2, -0.15) is 0 Å². The minimum absolute atomic E-state index is 0.0870. The topological polar surface area (TPSA) is 37.4 Å². The molecule has 4 heteroatoms. The number of hydrogen-bond acceptors (Lipinski definition) is 3. The fourth-order valence-electron chi connectivity index (χ4n) is 2.35. The van der Waals surface area contributed by atoms with Gasteiger partial charge in [-0.05, 0) is 18.6 Å². The Kier molecular flexibility index (Phi) is 3.00. The first-order valence-electron chi connectivity index (χ1n) is 5.57. The Morgan fingerprint density at radius 3 is 2.53 bits per heavy atom. The Balaban J connectivity index is 2.51. The van der Waals surface area contributed by atoms with Crippen molar-refractivity contribution in [3.8, 4) is 0 Å². The monoisotopic (exact) mass is 251 g/mol. The minimum atomic E-state index is -2.51. The number of thiol groups is 1. The first-order valence-corrected chi connectivity index (χ1v) is 6.74. The molecule has 0 aliphatic heterocycles. The molecule has 0 saturated heterocycles. The van der Waals surface area contributed by atoms with Gasteiger partial charge in [0, 0.05) is 25.7 Å². The largest absolute Gasteiger partial charge is 0.377 e. The van der Waals surface area contributed by atoms with Crippen molar-refractivity contribution < 1.29 is 8.42 Å². The first kappa shape index (κ1) is 12.2. The fourth-order valence-corrected chi connectivity index (χ4v) is 3.01. The van der Waals surface area contributed by atoms with E-state index in [1.54, 1.807) is 13.0 Å². The van der Waals surface area contributed by atoms with Crippen molar-refractivity contribution in [3.05, 3.63) is 47.7 Å². The van der Waals surface area contributed by atoms with Crippen LogP contribution in [0.1, 0.15) is 6.92 Å². The molecular formula is C13H17NO2S. The molecule has 0 radical (unpaired) electrons. The highest BCUT2D eigenvalue weighted by atomic mass is 32.2. The first-order chi connectivity index (χ1) is 7.97. The van der Waals surface area contributed by atoms with Gasteiger partial charge in [-0.1, -0.05) is 30.4 Å². The predicted octanol–water partition coefficient (Wildman–Crippen LogP) is 1.48. The van der Waals surface area contributed by atoms with E-state index in [4.69, 9.17) is 0 Å². The smallest absolute Gasteiger partial charge is 0.150 e. The van der Waals surface area contributed by atoms with Gasteiger partial charge < -0.3 is 4.90 Å². The normalized spacial score (nSPS) is 30.9. The summed E-state index contributed by atoms with van der Waals surface area (Å²) >= 11 is 0. The molecule has 0 bridgehead atoms. The summed E-state index contributed by atoms with van der Waals surface area (Å²) in [5, 5.41) is 0. The molecule has 2 aliphatic rings. The molecule has 17 heavy (non-hydrogen) atoms. The van der Waals surface area contributed by atoms with Crippen LogP contribution in [0.4, 0.5) is 0 Å². The Morgan fingerprint density at radius 2 is 1.94 bits per heavy atom. The van der Waals surface area contributed by atoms with Crippen LogP contribution < -0.4 is 0 Å². The van der Waals surface area contributed by atoms with Crippen molar-refractivity contribution >= 4 is 10.7 Å². The lowest BCUT2D eigenvalue weighted by atomic mass is 9.78. The average molecular weight is 251 g/mol. The van der Waals surface area contributed by atoms with E-state index in [9.17, 15) is 8.42 Å². The van der Waals surface area contributed by atoms with E-state index in [1.165, 1.54) is 0 Å². The third-order valence-electron chi connectivity index (χ3n) is 3.40. The second-order valence-corrected chi connectivity index (χ2v) is 6.25. The van der Waals surface area contributed by atoms with Gasteiger partial charge in [0.05, 0.1) is 4.75 Å². The lowest BCUT2D eigenvalue weighted by molar-refractivity contribution is 0.480. The quantitative estimate of drug-likeness (QED) is 0.755. The van der Waals surface area contributed by atoms with Crippen LogP contribution in [-0.2, 0) is 10.7 Å². The van der Waals surface area contributed by atoms with Crippen molar-refractivity contribution in [1.29, 1.82) is 0 Å². The van der Waals surface area contributed by atoms with Gasteiger partial charge in [0.15, 0.2) is 0 Å². The molecule has 2 atom stereocenters. The Morgan fingerprint density at radius 1 is 1.24 bits per heavy atom. The molecule has 0 fully saturated rings. The number of hydrogen-bond donors (Lipinski definition) is 1.